The number of hydrogen-bond acceptors (Lipinski definition) is 5. The molecule has 0 saturated heterocycles. The van der Waals surface area contributed by atoms with Crippen molar-refractivity contribution in [1.29, 1.82) is 0 Å². The number of aliphatic imine (C=N–C) groups is 1. The van der Waals surface area contributed by atoms with E-state index in [1.807, 2.05) is 38.1 Å². The Bertz CT molecular complexity index is 501. The number of rotatable bonds is 13. The number of guanidine groups is 1. The van der Waals surface area contributed by atoms with Gasteiger partial charge in [0.15, 0.2) is 5.96 Å². The molecule has 1 rings (SSSR count). The molecule has 2 N–H and O–H groups in total. The number of thioether (sulfide) groups is 1. The number of anilines is 1. The minimum absolute atomic E-state index is 0. The number of methoxy groups -OCH3 is 1. The second-order valence-electron chi connectivity index (χ2n) is 5.92. The van der Waals surface area contributed by atoms with E-state index in [2.05, 4.69) is 21.9 Å². The second kappa shape index (κ2) is 17.4. The summed E-state index contributed by atoms with van der Waals surface area (Å²) in [5.74, 6) is 2.68. The van der Waals surface area contributed by atoms with E-state index in [0.29, 0.717) is 26.4 Å². The average Bonchev–Trinajstić information content (AvgIpc) is 2.62. The smallest absolute Gasteiger partial charge is 0.195 e. The van der Waals surface area contributed by atoms with Crippen molar-refractivity contribution in [3.63, 3.8) is 0 Å². The molecule has 0 bridgehead atoms. The van der Waals surface area contributed by atoms with Crippen LogP contribution in [0, 0.1) is 0 Å². The van der Waals surface area contributed by atoms with Crippen LogP contribution in [0.25, 0.3) is 0 Å². The molecule has 0 heterocycles. The van der Waals surface area contributed by atoms with Crippen molar-refractivity contribution >= 4 is 47.4 Å². The fourth-order valence-electron chi connectivity index (χ4n) is 2.04. The Morgan fingerprint density at radius 3 is 2.52 bits per heavy atom. The van der Waals surface area contributed by atoms with Crippen molar-refractivity contribution in [2.45, 2.75) is 26.4 Å². The first-order chi connectivity index (χ1) is 12.7. The molecular formula is C19H34IN3O3S. The van der Waals surface area contributed by atoms with E-state index in [1.165, 1.54) is 0 Å². The molecule has 1 aromatic rings. The zero-order valence-corrected chi connectivity index (χ0v) is 20.0. The molecule has 0 atom stereocenters. The van der Waals surface area contributed by atoms with Gasteiger partial charge in [0.25, 0.3) is 0 Å². The van der Waals surface area contributed by atoms with Crippen molar-refractivity contribution in [3.8, 4) is 5.75 Å². The summed E-state index contributed by atoms with van der Waals surface area (Å²) in [4.78, 5) is 4.62. The van der Waals surface area contributed by atoms with Gasteiger partial charge in [-0.15, -0.1) is 24.0 Å². The molecule has 27 heavy (non-hydrogen) atoms. The third-order valence-electron chi connectivity index (χ3n) is 3.24. The minimum atomic E-state index is 0. The predicted octanol–water partition coefficient (Wildman–Crippen LogP) is 3.87. The molecule has 0 amide bonds. The summed E-state index contributed by atoms with van der Waals surface area (Å²) in [6.45, 7) is 7.55. The summed E-state index contributed by atoms with van der Waals surface area (Å²) in [5.41, 5.74) is 0.979. The van der Waals surface area contributed by atoms with Crippen LogP contribution < -0.4 is 15.4 Å². The van der Waals surface area contributed by atoms with Crippen LogP contribution in [0.5, 0.6) is 5.75 Å². The molecule has 0 aliphatic heterocycles. The van der Waals surface area contributed by atoms with E-state index in [-0.39, 0.29) is 30.1 Å². The van der Waals surface area contributed by atoms with E-state index in [9.17, 15) is 0 Å². The van der Waals surface area contributed by atoms with Crippen molar-refractivity contribution in [2.24, 2.45) is 4.99 Å². The van der Waals surface area contributed by atoms with Gasteiger partial charge in [0, 0.05) is 38.2 Å². The SMILES string of the molecule is COCCOCCCN=C(NCCSC)Nc1ccc(OC(C)C)cc1.I. The van der Waals surface area contributed by atoms with E-state index >= 15 is 0 Å². The highest BCUT2D eigenvalue weighted by atomic mass is 127. The average molecular weight is 511 g/mol. The van der Waals surface area contributed by atoms with Gasteiger partial charge in [-0.2, -0.15) is 11.8 Å². The standard InChI is InChI=1S/C19H33N3O3S.HI/c1-16(2)25-18-8-6-17(7-9-18)22-19(21-11-15-26-4)20-10-5-12-24-14-13-23-3;/h6-9,16H,5,10-15H2,1-4H3,(H2,20,21,22);1H. The molecule has 6 nitrogen and oxygen atoms in total. The lowest BCUT2D eigenvalue weighted by atomic mass is 10.3. The summed E-state index contributed by atoms with van der Waals surface area (Å²) in [7, 11) is 1.67. The van der Waals surface area contributed by atoms with Crippen molar-refractivity contribution in [1.82, 2.24) is 5.32 Å². The molecule has 0 unspecified atom stereocenters. The molecule has 0 aromatic heterocycles. The third kappa shape index (κ3) is 14.0. The Hall–Kier alpha value is -0.710. The molecule has 0 radical (unpaired) electrons. The maximum absolute atomic E-state index is 5.67. The van der Waals surface area contributed by atoms with Crippen LogP contribution in [0.1, 0.15) is 20.3 Å². The van der Waals surface area contributed by atoms with Gasteiger partial charge in [0.05, 0.1) is 19.3 Å². The number of nitrogens with zero attached hydrogens (tertiary/aromatic N) is 1. The first kappa shape index (κ1) is 26.3. The van der Waals surface area contributed by atoms with E-state index in [0.717, 1.165) is 36.1 Å². The van der Waals surface area contributed by atoms with Crippen LogP contribution in [-0.4, -0.2) is 64.1 Å². The highest BCUT2D eigenvalue weighted by molar-refractivity contribution is 14.0. The lowest BCUT2D eigenvalue weighted by molar-refractivity contribution is 0.0702. The maximum atomic E-state index is 5.67. The Balaban J connectivity index is 0.00000676. The summed E-state index contributed by atoms with van der Waals surface area (Å²) in [6, 6.07) is 7.92. The van der Waals surface area contributed by atoms with Crippen LogP contribution in [-0.2, 0) is 9.47 Å². The minimum Gasteiger partial charge on any atom is -0.491 e. The number of benzene rings is 1. The Labute approximate surface area is 185 Å². The molecular weight excluding hydrogens is 477 g/mol. The maximum Gasteiger partial charge on any atom is 0.195 e. The zero-order valence-electron chi connectivity index (χ0n) is 16.8. The van der Waals surface area contributed by atoms with Crippen LogP contribution >= 0.6 is 35.7 Å². The fourth-order valence-corrected chi connectivity index (χ4v) is 2.34. The molecule has 0 fully saturated rings. The van der Waals surface area contributed by atoms with E-state index in [4.69, 9.17) is 14.2 Å². The zero-order chi connectivity index (χ0) is 19.0. The largest absolute Gasteiger partial charge is 0.491 e. The molecule has 0 aliphatic carbocycles. The first-order valence-corrected chi connectivity index (χ1v) is 10.4. The highest BCUT2D eigenvalue weighted by Crippen LogP contribution is 2.16. The lowest BCUT2D eigenvalue weighted by Gasteiger charge is -2.14. The van der Waals surface area contributed by atoms with Crippen LogP contribution in [0.4, 0.5) is 5.69 Å². The Kier molecular flexibility index (Phi) is 16.9. The summed E-state index contributed by atoms with van der Waals surface area (Å²) in [6.07, 6.45) is 3.14. The van der Waals surface area contributed by atoms with Gasteiger partial charge in [-0.05, 0) is 50.8 Å². The van der Waals surface area contributed by atoms with Gasteiger partial charge in [0.1, 0.15) is 5.75 Å². The highest BCUT2D eigenvalue weighted by Gasteiger charge is 2.02. The van der Waals surface area contributed by atoms with Crippen molar-refractivity contribution < 1.29 is 14.2 Å². The number of halogens is 1. The lowest BCUT2D eigenvalue weighted by Crippen LogP contribution is -2.32. The topological polar surface area (TPSA) is 64.1 Å². The van der Waals surface area contributed by atoms with Gasteiger partial charge in [-0.3, -0.25) is 4.99 Å². The van der Waals surface area contributed by atoms with Gasteiger partial charge in [-0.1, -0.05) is 0 Å². The predicted molar refractivity (Wildman–Crippen MR) is 127 cm³/mol. The van der Waals surface area contributed by atoms with Crippen LogP contribution in [0.3, 0.4) is 0 Å². The molecule has 8 heteroatoms. The van der Waals surface area contributed by atoms with Gasteiger partial charge >= 0.3 is 0 Å². The van der Waals surface area contributed by atoms with E-state index in [1.54, 1.807) is 18.9 Å². The van der Waals surface area contributed by atoms with Gasteiger partial charge < -0.3 is 24.8 Å². The number of hydrogen-bond donors (Lipinski definition) is 2. The van der Waals surface area contributed by atoms with Crippen molar-refractivity contribution in [2.75, 3.05) is 57.3 Å². The van der Waals surface area contributed by atoms with Gasteiger partial charge in [-0.25, -0.2) is 0 Å². The summed E-state index contributed by atoms with van der Waals surface area (Å²) in [5, 5.41) is 6.70. The van der Waals surface area contributed by atoms with Crippen molar-refractivity contribution in [3.05, 3.63) is 24.3 Å². The summed E-state index contributed by atoms with van der Waals surface area (Å²) >= 11 is 1.80. The molecule has 1 aromatic carbocycles. The number of nitrogens with one attached hydrogen (secondary N) is 2. The van der Waals surface area contributed by atoms with Crippen LogP contribution in [0.2, 0.25) is 0 Å². The monoisotopic (exact) mass is 511 g/mol. The molecule has 0 spiro atoms. The fraction of sp³-hybridized carbons (Fsp3) is 0.632. The quantitative estimate of drug-likeness (QED) is 0.182. The van der Waals surface area contributed by atoms with E-state index < -0.39 is 0 Å². The van der Waals surface area contributed by atoms with Crippen LogP contribution in [0.15, 0.2) is 29.3 Å². The Morgan fingerprint density at radius 1 is 1.15 bits per heavy atom. The first-order valence-electron chi connectivity index (χ1n) is 9.03. The molecule has 156 valence electrons. The summed E-state index contributed by atoms with van der Waals surface area (Å²) < 4.78 is 16.1. The molecule has 0 saturated carbocycles. The second-order valence-corrected chi connectivity index (χ2v) is 6.91. The normalized spacial score (nSPS) is 11.2. The third-order valence-corrected chi connectivity index (χ3v) is 3.85. The van der Waals surface area contributed by atoms with Gasteiger partial charge in [0.2, 0.25) is 0 Å². The number of ether oxygens (including phenoxy) is 3. The Morgan fingerprint density at radius 2 is 1.89 bits per heavy atom. The molecule has 0 aliphatic rings.